The molecule has 1 unspecified atom stereocenters. The van der Waals surface area contributed by atoms with Crippen LogP contribution in [0.4, 0.5) is 0 Å². The van der Waals surface area contributed by atoms with Crippen molar-refractivity contribution in [1.29, 1.82) is 0 Å². The molecule has 2 N–H and O–H groups in total. The maximum absolute atomic E-state index is 11.8. The van der Waals surface area contributed by atoms with Crippen molar-refractivity contribution < 1.29 is 14.7 Å². The molecular weight excluding hydrogens is 282 g/mol. The van der Waals surface area contributed by atoms with Crippen LogP contribution in [0.3, 0.4) is 0 Å². The zero-order valence-corrected chi connectivity index (χ0v) is 12.4. The Morgan fingerprint density at radius 1 is 1.40 bits per heavy atom. The minimum absolute atomic E-state index is 0.0413. The van der Waals surface area contributed by atoms with E-state index in [1.165, 1.54) is 12.4 Å². The maximum Gasteiger partial charge on any atom is 0.308 e. The molecule has 6 nitrogen and oxygen atoms in total. The summed E-state index contributed by atoms with van der Waals surface area (Å²) in [7, 11) is 0. The van der Waals surface area contributed by atoms with Crippen LogP contribution in [0.15, 0.2) is 12.4 Å². The van der Waals surface area contributed by atoms with Crippen molar-refractivity contribution in [2.45, 2.75) is 27.2 Å². The van der Waals surface area contributed by atoms with Gasteiger partial charge in [-0.25, -0.2) is 4.98 Å². The average molecular weight is 300 g/mol. The van der Waals surface area contributed by atoms with E-state index >= 15 is 0 Å². The van der Waals surface area contributed by atoms with E-state index in [9.17, 15) is 9.59 Å². The quantitative estimate of drug-likeness (QED) is 0.867. The summed E-state index contributed by atoms with van der Waals surface area (Å²) in [6, 6.07) is 0. The van der Waals surface area contributed by atoms with Gasteiger partial charge in [0.15, 0.2) is 0 Å². The van der Waals surface area contributed by atoms with Crippen LogP contribution in [0, 0.1) is 11.3 Å². The van der Waals surface area contributed by atoms with Gasteiger partial charge in [0.05, 0.1) is 18.3 Å². The zero-order chi connectivity index (χ0) is 15.3. The first-order valence-electron chi connectivity index (χ1n) is 6.17. The van der Waals surface area contributed by atoms with Crippen molar-refractivity contribution >= 4 is 23.5 Å². The summed E-state index contributed by atoms with van der Waals surface area (Å²) >= 11 is 5.64. The Kier molecular flexibility index (Phi) is 5.44. The molecule has 0 fully saturated rings. The Labute approximate surface area is 122 Å². The minimum atomic E-state index is -0.933. The van der Waals surface area contributed by atoms with Crippen LogP contribution in [0.1, 0.15) is 37.7 Å². The number of carboxylic acid groups (broad SMARTS) is 1. The van der Waals surface area contributed by atoms with Gasteiger partial charge >= 0.3 is 5.97 Å². The molecule has 1 heterocycles. The molecule has 1 rings (SSSR count). The largest absolute Gasteiger partial charge is 0.481 e. The fourth-order valence-electron chi connectivity index (χ4n) is 1.74. The molecule has 1 aromatic heterocycles. The number of carbonyl (C=O) groups excluding carboxylic acids is 1. The second kappa shape index (κ2) is 6.65. The molecule has 7 heteroatoms. The molecule has 0 radical (unpaired) electrons. The van der Waals surface area contributed by atoms with Crippen molar-refractivity contribution in [1.82, 2.24) is 15.3 Å². The lowest BCUT2D eigenvalue weighted by Crippen LogP contribution is -2.35. The molecule has 1 atom stereocenters. The number of halogens is 1. The third kappa shape index (κ3) is 5.52. The van der Waals surface area contributed by atoms with E-state index in [0.29, 0.717) is 6.42 Å². The van der Waals surface area contributed by atoms with E-state index in [1.54, 1.807) is 0 Å². The number of nitrogens with one attached hydrogen (secondary N) is 1. The Hall–Kier alpha value is -1.69. The number of carboxylic acids is 1. The number of carbonyl (C=O) groups is 2. The summed E-state index contributed by atoms with van der Waals surface area (Å²) in [6.45, 7) is 5.90. The van der Waals surface area contributed by atoms with Gasteiger partial charge in [-0.3, -0.25) is 14.6 Å². The lowest BCUT2D eigenvalue weighted by molar-refractivity contribution is -0.142. The van der Waals surface area contributed by atoms with Gasteiger partial charge in [-0.15, -0.1) is 0 Å². The summed E-state index contributed by atoms with van der Waals surface area (Å²) in [5.74, 6) is -2.07. The van der Waals surface area contributed by atoms with Crippen molar-refractivity contribution in [2.24, 2.45) is 11.3 Å². The molecule has 0 bridgehead atoms. The summed E-state index contributed by atoms with van der Waals surface area (Å²) in [5.41, 5.74) is -0.0682. The molecule has 1 aromatic rings. The number of hydrogen-bond donors (Lipinski definition) is 2. The highest BCUT2D eigenvalue weighted by Gasteiger charge is 2.25. The van der Waals surface area contributed by atoms with Gasteiger partial charge in [0.1, 0.15) is 10.8 Å². The molecule has 110 valence electrons. The average Bonchev–Trinajstić information content (AvgIpc) is 2.32. The zero-order valence-electron chi connectivity index (χ0n) is 11.7. The van der Waals surface area contributed by atoms with Crippen molar-refractivity contribution in [3.63, 3.8) is 0 Å². The number of nitrogens with zero attached hydrogens (tertiary/aromatic N) is 2. The van der Waals surface area contributed by atoms with Crippen LogP contribution >= 0.6 is 11.6 Å². The lowest BCUT2D eigenvalue weighted by Gasteiger charge is -2.23. The van der Waals surface area contributed by atoms with E-state index in [1.807, 2.05) is 20.8 Å². The van der Waals surface area contributed by atoms with E-state index in [0.717, 1.165) is 0 Å². The first kappa shape index (κ1) is 16.4. The van der Waals surface area contributed by atoms with Gasteiger partial charge in [-0.1, -0.05) is 32.4 Å². The van der Waals surface area contributed by atoms with Crippen molar-refractivity contribution in [3.8, 4) is 0 Å². The minimum Gasteiger partial charge on any atom is -0.481 e. The number of aliphatic carboxylic acids is 1. The van der Waals surface area contributed by atoms with Gasteiger partial charge < -0.3 is 10.4 Å². The fourth-order valence-corrected chi connectivity index (χ4v) is 1.89. The third-order valence-corrected chi connectivity index (χ3v) is 2.74. The molecule has 0 aliphatic carbocycles. The lowest BCUT2D eigenvalue weighted by atomic mass is 9.84. The normalized spacial score (nSPS) is 12.8. The molecule has 0 saturated carbocycles. The van der Waals surface area contributed by atoms with Crippen LogP contribution in [0.25, 0.3) is 0 Å². The highest BCUT2D eigenvalue weighted by Crippen LogP contribution is 2.24. The number of rotatable bonds is 5. The SMILES string of the molecule is CC(C)(C)CC(CNC(=O)c1cncc(Cl)n1)C(=O)O. The molecule has 0 aliphatic heterocycles. The summed E-state index contributed by atoms with van der Waals surface area (Å²) in [4.78, 5) is 30.6. The fraction of sp³-hybridized carbons (Fsp3) is 0.538. The van der Waals surface area contributed by atoms with Gasteiger partial charge in [0, 0.05) is 6.54 Å². The van der Waals surface area contributed by atoms with Crippen LogP contribution in [-0.4, -0.2) is 33.5 Å². The van der Waals surface area contributed by atoms with E-state index in [2.05, 4.69) is 15.3 Å². The van der Waals surface area contributed by atoms with Gasteiger partial charge in [-0.05, 0) is 11.8 Å². The van der Waals surface area contributed by atoms with E-state index in [4.69, 9.17) is 16.7 Å². The topological polar surface area (TPSA) is 92.2 Å². The van der Waals surface area contributed by atoms with Crippen molar-refractivity contribution in [3.05, 3.63) is 23.2 Å². The highest BCUT2D eigenvalue weighted by atomic mass is 35.5. The molecule has 0 aromatic carbocycles. The summed E-state index contributed by atoms with van der Waals surface area (Å²) < 4.78 is 0. The van der Waals surface area contributed by atoms with Gasteiger partial charge in [0.2, 0.25) is 0 Å². The summed E-state index contributed by atoms with van der Waals surface area (Å²) in [6.07, 6.45) is 3.06. The standard InChI is InChI=1S/C13H18ClN3O3/c1-13(2,3)4-8(12(19)20)5-16-11(18)9-6-15-7-10(14)17-9/h6-8H,4-5H2,1-3H3,(H,16,18)(H,19,20). The number of hydrogen-bond acceptors (Lipinski definition) is 4. The Morgan fingerprint density at radius 2 is 2.05 bits per heavy atom. The first-order chi connectivity index (χ1) is 9.19. The smallest absolute Gasteiger partial charge is 0.308 e. The predicted molar refractivity (Wildman–Crippen MR) is 74.6 cm³/mol. The van der Waals surface area contributed by atoms with Crippen LogP contribution in [-0.2, 0) is 4.79 Å². The van der Waals surface area contributed by atoms with Crippen LogP contribution in [0.2, 0.25) is 5.15 Å². The number of amides is 1. The maximum atomic E-state index is 11.8. The third-order valence-electron chi connectivity index (χ3n) is 2.55. The van der Waals surface area contributed by atoms with Crippen molar-refractivity contribution in [2.75, 3.05) is 6.54 Å². The highest BCUT2D eigenvalue weighted by molar-refractivity contribution is 6.29. The van der Waals surface area contributed by atoms with Gasteiger partial charge in [-0.2, -0.15) is 0 Å². The van der Waals surface area contributed by atoms with E-state index < -0.39 is 17.8 Å². The predicted octanol–water partition coefficient (Wildman–Crippen LogP) is 2.00. The molecule has 0 aliphatic rings. The van der Waals surface area contributed by atoms with E-state index in [-0.39, 0.29) is 22.8 Å². The monoisotopic (exact) mass is 299 g/mol. The number of aromatic nitrogens is 2. The molecule has 0 saturated heterocycles. The Morgan fingerprint density at radius 3 is 2.55 bits per heavy atom. The first-order valence-corrected chi connectivity index (χ1v) is 6.55. The Bertz CT molecular complexity index is 500. The molecule has 0 spiro atoms. The second-order valence-electron chi connectivity index (χ2n) is 5.74. The Balaban J connectivity index is 2.64. The van der Waals surface area contributed by atoms with Crippen LogP contribution in [0.5, 0.6) is 0 Å². The second-order valence-corrected chi connectivity index (χ2v) is 6.12. The molecule has 20 heavy (non-hydrogen) atoms. The van der Waals surface area contributed by atoms with Crippen LogP contribution < -0.4 is 5.32 Å². The van der Waals surface area contributed by atoms with Gasteiger partial charge in [0.25, 0.3) is 5.91 Å². The molecule has 1 amide bonds. The molecular formula is C13H18ClN3O3. The summed E-state index contributed by atoms with van der Waals surface area (Å²) in [5, 5.41) is 11.8.